The van der Waals surface area contributed by atoms with Crippen LogP contribution in [0.5, 0.6) is 0 Å². The molecule has 0 saturated carbocycles. The smallest absolute Gasteiger partial charge is 0.250 e. The Hall–Kier alpha value is -1.42. The molecule has 16 heavy (non-hydrogen) atoms. The van der Waals surface area contributed by atoms with Gasteiger partial charge in [0.05, 0.1) is 0 Å². The number of pyridine rings is 2. The Morgan fingerprint density at radius 3 is 2.94 bits per heavy atom. The van der Waals surface area contributed by atoms with Crippen molar-refractivity contribution < 1.29 is 0 Å². The SMILES string of the molecule is O=c1ccc(Br)cn1CCc1cccnc1. The lowest BCUT2D eigenvalue weighted by Crippen LogP contribution is -2.19. The van der Waals surface area contributed by atoms with Crippen LogP contribution in [0.3, 0.4) is 0 Å². The second kappa shape index (κ2) is 5.07. The molecule has 2 aromatic heterocycles. The molecule has 82 valence electrons. The molecular formula is C12H11BrN2O. The second-order valence-corrected chi connectivity index (χ2v) is 4.41. The molecule has 0 radical (unpaired) electrons. The van der Waals surface area contributed by atoms with E-state index in [1.54, 1.807) is 29.1 Å². The van der Waals surface area contributed by atoms with Crippen molar-refractivity contribution in [1.29, 1.82) is 0 Å². The number of aryl methyl sites for hydroxylation is 2. The molecule has 2 heterocycles. The maximum atomic E-state index is 11.5. The maximum absolute atomic E-state index is 11.5. The Morgan fingerprint density at radius 1 is 1.31 bits per heavy atom. The molecule has 0 N–H and O–H groups in total. The first-order valence-electron chi connectivity index (χ1n) is 5.00. The number of nitrogens with zero attached hydrogens (tertiary/aromatic N) is 2. The Labute approximate surface area is 102 Å². The van der Waals surface area contributed by atoms with Gasteiger partial charge in [0.2, 0.25) is 0 Å². The van der Waals surface area contributed by atoms with E-state index in [9.17, 15) is 4.79 Å². The number of hydrogen-bond donors (Lipinski definition) is 0. The summed E-state index contributed by atoms with van der Waals surface area (Å²) in [5.41, 5.74) is 1.15. The lowest BCUT2D eigenvalue weighted by molar-refractivity contribution is 0.666. The highest BCUT2D eigenvalue weighted by molar-refractivity contribution is 9.10. The van der Waals surface area contributed by atoms with Crippen LogP contribution < -0.4 is 5.56 Å². The molecule has 0 saturated heterocycles. The molecule has 3 nitrogen and oxygen atoms in total. The fourth-order valence-corrected chi connectivity index (χ4v) is 1.85. The van der Waals surface area contributed by atoms with Crippen LogP contribution in [0.15, 0.2) is 52.1 Å². The number of aromatic nitrogens is 2. The Balaban J connectivity index is 2.11. The van der Waals surface area contributed by atoms with E-state index in [2.05, 4.69) is 20.9 Å². The van der Waals surface area contributed by atoms with Crippen molar-refractivity contribution in [2.45, 2.75) is 13.0 Å². The molecule has 0 aliphatic heterocycles. The van der Waals surface area contributed by atoms with E-state index in [0.717, 1.165) is 16.5 Å². The van der Waals surface area contributed by atoms with Crippen molar-refractivity contribution in [2.75, 3.05) is 0 Å². The van der Waals surface area contributed by atoms with Crippen LogP contribution in [-0.4, -0.2) is 9.55 Å². The molecule has 0 spiro atoms. The van der Waals surface area contributed by atoms with E-state index in [-0.39, 0.29) is 5.56 Å². The van der Waals surface area contributed by atoms with Crippen LogP contribution in [0.1, 0.15) is 5.56 Å². The van der Waals surface area contributed by atoms with Gasteiger partial charge in [-0.15, -0.1) is 0 Å². The maximum Gasteiger partial charge on any atom is 0.250 e. The van der Waals surface area contributed by atoms with Gasteiger partial charge in [-0.25, -0.2) is 0 Å². The molecule has 0 atom stereocenters. The largest absolute Gasteiger partial charge is 0.314 e. The van der Waals surface area contributed by atoms with Crippen LogP contribution in [0.25, 0.3) is 0 Å². The average molecular weight is 279 g/mol. The fourth-order valence-electron chi connectivity index (χ4n) is 1.47. The second-order valence-electron chi connectivity index (χ2n) is 3.49. The van der Waals surface area contributed by atoms with Crippen molar-refractivity contribution in [2.24, 2.45) is 0 Å². The molecule has 0 unspecified atom stereocenters. The highest BCUT2D eigenvalue weighted by atomic mass is 79.9. The molecule has 0 amide bonds. The van der Waals surface area contributed by atoms with Crippen LogP contribution in [-0.2, 0) is 13.0 Å². The lowest BCUT2D eigenvalue weighted by Gasteiger charge is -2.05. The monoisotopic (exact) mass is 278 g/mol. The number of halogens is 1. The van der Waals surface area contributed by atoms with Gasteiger partial charge in [-0.05, 0) is 40.0 Å². The van der Waals surface area contributed by atoms with Gasteiger partial charge in [0.1, 0.15) is 0 Å². The van der Waals surface area contributed by atoms with Crippen LogP contribution in [0.4, 0.5) is 0 Å². The zero-order valence-corrected chi connectivity index (χ0v) is 10.2. The summed E-state index contributed by atoms with van der Waals surface area (Å²) >= 11 is 3.35. The van der Waals surface area contributed by atoms with Crippen molar-refractivity contribution >= 4 is 15.9 Å². The van der Waals surface area contributed by atoms with E-state index >= 15 is 0 Å². The van der Waals surface area contributed by atoms with Crippen molar-refractivity contribution in [3.8, 4) is 0 Å². The first-order valence-corrected chi connectivity index (χ1v) is 5.80. The fraction of sp³-hybridized carbons (Fsp3) is 0.167. The van der Waals surface area contributed by atoms with Crippen molar-refractivity contribution in [3.63, 3.8) is 0 Å². The standard InChI is InChI=1S/C12H11BrN2O/c13-11-3-4-12(16)15(9-11)7-5-10-2-1-6-14-8-10/h1-4,6,8-9H,5,7H2. The third kappa shape index (κ3) is 2.79. The van der Waals surface area contributed by atoms with Gasteiger partial charge in [-0.3, -0.25) is 9.78 Å². The predicted molar refractivity (Wildman–Crippen MR) is 66.3 cm³/mol. The van der Waals surface area contributed by atoms with Gasteiger partial charge in [-0.1, -0.05) is 6.07 Å². The van der Waals surface area contributed by atoms with Crippen molar-refractivity contribution in [3.05, 3.63) is 63.2 Å². The highest BCUT2D eigenvalue weighted by Gasteiger charge is 1.98. The summed E-state index contributed by atoms with van der Waals surface area (Å²) in [7, 11) is 0. The zero-order valence-electron chi connectivity index (χ0n) is 8.64. The van der Waals surface area contributed by atoms with Gasteiger partial charge in [0, 0.05) is 35.7 Å². The Bertz CT molecular complexity index is 522. The molecular weight excluding hydrogens is 268 g/mol. The van der Waals surface area contributed by atoms with Gasteiger partial charge >= 0.3 is 0 Å². The minimum absolute atomic E-state index is 0.0205. The van der Waals surface area contributed by atoms with Gasteiger partial charge < -0.3 is 4.57 Å². The summed E-state index contributed by atoms with van der Waals surface area (Å²) < 4.78 is 2.61. The number of hydrogen-bond acceptors (Lipinski definition) is 2. The topological polar surface area (TPSA) is 34.9 Å². The molecule has 0 aromatic carbocycles. The van der Waals surface area contributed by atoms with Crippen LogP contribution in [0.2, 0.25) is 0 Å². The summed E-state index contributed by atoms with van der Waals surface area (Å²) in [5.74, 6) is 0. The van der Waals surface area contributed by atoms with E-state index in [1.807, 2.05) is 18.3 Å². The number of rotatable bonds is 3. The molecule has 2 aromatic rings. The quantitative estimate of drug-likeness (QED) is 0.863. The van der Waals surface area contributed by atoms with Gasteiger partial charge in [0.25, 0.3) is 5.56 Å². The molecule has 0 aliphatic carbocycles. The Kier molecular flexibility index (Phi) is 3.51. The average Bonchev–Trinajstić information content (AvgIpc) is 2.32. The normalized spacial score (nSPS) is 10.3. The van der Waals surface area contributed by atoms with E-state index in [1.165, 1.54) is 0 Å². The molecule has 4 heteroatoms. The highest BCUT2D eigenvalue weighted by Crippen LogP contribution is 2.06. The minimum atomic E-state index is 0.0205. The van der Waals surface area contributed by atoms with E-state index in [0.29, 0.717) is 6.54 Å². The minimum Gasteiger partial charge on any atom is -0.314 e. The van der Waals surface area contributed by atoms with Crippen molar-refractivity contribution in [1.82, 2.24) is 9.55 Å². The van der Waals surface area contributed by atoms with E-state index in [4.69, 9.17) is 0 Å². The predicted octanol–water partition coefficient (Wildman–Crippen LogP) is 2.25. The first kappa shape index (κ1) is 11.1. The van der Waals surface area contributed by atoms with E-state index < -0.39 is 0 Å². The Morgan fingerprint density at radius 2 is 2.19 bits per heavy atom. The van der Waals surface area contributed by atoms with Gasteiger partial charge in [0.15, 0.2) is 0 Å². The summed E-state index contributed by atoms with van der Waals surface area (Å²) in [6.07, 6.45) is 6.18. The summed E-state index contributed by atoms with van der Waals surface area (Å²) in [4.78, 5) is 15.6. The lowest BCUT2D eigenvalue weighted by atomic mass is 10.2. The first-order chi connectivity index (χ1) is 7.75. The zero-order chi connectivity index (χ0) is 11.4. The summed E-state index contributed by atoms with van der Waals surface area (Å²) in [6, 6.07) is 7.23. The summed E-state index contributed by atoms with van der Waals surface area (Å²) in [5, 5.41) is 0. The van der Waals surface area contributed by atoms with Crippen LogP contribution in [0, 0.1) is 0 Å². The molecule has 0 aliphatic rings. The molecule has 0 bridgehead atoms. The van der Waals surface area contributed by atoms with Gasteiger partial charge in [-0.2, -0.15) is 0 Å². The third-order valence-corrected chi connectivity index (χ3v) is 2.78. The third-order valence-electron chi connectivity index (χ3n) is 2.31. The molecule has 0 fully saturated rings. The molecule has 2 rings (SSSR count). The summed E-state index contributed by atoms with van der Waals surface area (Å²) in [6.45, 7) is 0.671. The van der Waals surface area contributed by atoms with Crippen LogP contribution >= 0.6 is 15.9 Å².